The summed E-state index contributed by atoms with van der Waals surface area (Å²) in [5.74, 6) is -0.0154. The lowest BCUT2D eigenvalue weighted by molar-refractivity contribution is -0.124. The van der Waals surface area contributed by atoms with Gasteiger partial charge in [-0.25, -0.2) is 10.5 Å². The Balaban J connectivity index is 1.60. The van der Waals surface area contributed by atoms with E-state index >= 15 is 0 Å². The fourth-order valence-electron chi connectivity index (χ4n) is 3.10. The molecule has 27 heavy (non-hydrogen) atoms. The lowest BCUT2D eigenvalue weighted by atomic mass is 10.2. The number of carbonyl (C=O) groups is 1. The Bertz CT molecular complexity index is 798. The third kappa shape index (κ3) is 5.53. The third-order valence-electron chi connectivity index (χ3n) is 4.48. The van der Waals surface area contributed by atoms with Crippen LogP contribution in [0.15, 0.2) is 48.7 Å². The Hall–Kier alpha value is -2.41. The van der Waals surface area contributed by atoms with Crippen LogP contribution < -0.4 is 10.8 Å². The molecule has 142 valence electrons. The van der Waals surface area contributed by atoms with Crippen LogP contribution in [0.2, 0.25) is 5.02 Å². The molecule has 7 heteroatoms. The fraction of sp³-hybridized carbons (Fsp3) is 0.300. The SMILES string of the molecule is O=C(C=Cc1cnc(N[C@@H]2CCC[C@H]2OCc2ccccc2)c(Cl)c1)NO. The Kier molecular flexibility index (Phi) is 6.81. The number of hydrogen-bond acceptors (Lipinski definition) is 5. The third-order valence-corrected chi connectivity index (χ3v) is 4.77. The van der Waals surface area contributed by atoms with Crippen LogP contribution in [0.5, 0.6) is 0 Å². The van der Waals surface area contributed by atoms with Gasteiger partial charge in [0.1, 0.15) is 5.82 Å². The number of nitrogens with zero attached hydrogens (tertiary/aromatic N) is 1. The van der Waals surface area contributed by atoms with E-state index in [4.69, 9.17) is 21.5 Å². The minimum atomic E-state index is -0.613. The first-order valence-corrected chi connectivity index (χ1v) is 9.23. The molecule has 1 amide bonds. The number of halogens is 1. The zero-order chi connectivity index (χ0) is 19.1. The summed E-state index contributed by atoms with van der Waals surface area (Å²) in [7, 11) is 0. The molecule has 1 aromatic carbocycles. The maximum Gasteiger partial charge on any atom is 0.267 e. The van der Waals surface area contributed by atoms with Gasteiger partial charge in [0.05, 0.1) is 23.8 Å². The maximum absolute atomic E-state index is 11.0. The maximum atomic E-state index is 11.0. The molecule has 1 heterocycles. The highest BCUT2D eigenvalue weighted by Crippen LogP contribution is 2.29. The fourth-order valence-corrected chi connectivity index (χ4v) is 3.33. The molecule has 2 atom stereocenters. The van der Waals surface area contributed by atoms with Crippen molar-refractivity contribution in [3.63, 3.8) is 0 Å². The van der Waals surface area contributed by atoms with Gasteiger partial charge in [0.2, 0.25) is 0 Å². The van der Waals surface area contributed by atoms with Gasteiger partial charge in [0.25, 0.3) is 5.91 Å². The average molecular weight is 388 g/mol. The molecule has 1 saturated carbocycles. The van der Waals surface area contributed by atoms with Gasteiger partial charge in [-0.1, -0.05) is 41.9 Å². The topological polar surface area (TPSA) is 83.5 Å². The molecule has 1 aliphatic rings. The summed E-state index contributed by atoms with van der Waals surface area (Å²) in [6, 6.07) is 12.0. The van der Waals surface area contributed by atoms with Crippen LogP contribution in [0, 0.1) is 0 Å². The zero-order valence-corrected chi connectivity index (χ0v) is 15.5. The Morgan fingerprint density at radius 3 is 2.89 bits per heavy atom. The molecule has 1 aliphatic carbocycles. The van der Waals surface area contributed by atoms with E-state index in [1.165, 1.54) is 17.6 Å². The van der Waals surface area contributed by atoms with Crippen LogP contribution in [0.25, 0.3) is 6.08 Å². The molecule has 6 nitrogen and oxygen atoms in total. The van der Waals surface area contributed by atoms with Crippen LogP contribution in [0.4, 0.5) is 5.82 Å². The molecular weight excluding hydrogens is 366 g/mol. The van der Waals surface area contributed by atoms with E-state index < -0.39 is 5.91 Å². The number of hydroxylamine groups is 1. The van der Waals surface area contributed by atoms with Crippen molar-refractivity contribution in [2.45, 2.75) is 38.0 Å². The van der Waals surface area contributed by atoms with Crippen molar-refractivity contribution >= 4 is 29.4 Å². The second-order valence-corrected chi connectivity index (χ2v) is 6.83. The quantitative estimate of drug-likeness (QED) is 0.382. The van der Waals surface area contributed by atoms with E-state index in [2.05, 4.69) is 22.4 Å². The summed E-state index contributed by atoms with van der Waals surface area (Å²) in [6.07, 6.45) is 7.53. The summed E-state index contributed by atoms with van der Waals surface area (Å²) in [5.41, 5.74) is 3.35. The van der Waals surface area contributed by atoms with Crippen LogP contribution >= 0.6 is 11.6 Å². The number of hydrogen-bond donors (Lipinski definition) is 3. The first kappa shape index (κ1) is 19.4. The molecule has 3 N–H and O–H groups in total. The Morgan fingerprint density at radius 2 is 2.15 bits per heavy atom. The van der Waals surface area contributed by atoms with Crippen LogP contribution in [-0.2, 0) is 16.1 Å². The van der Waals surface area contributed by atoms with Crippen LogP contribution in [0.3, 0.4) is 0 Å². The molecule has 0 radical (unpaired) electrons. The van der Waals surface area contributed by atoms with Crippen molar-refractivity contribution in [2.24, 2.45) is 0 Å². The second kappa shape index (κ2) is 9.50. The number of rotatable bonds is 7. The van der Waals surface area contributed by atoms with Gasteiger partial charge in [0, 0.05) is 12.3 Å². The highest BCUT2D eigenvalue weighted by atomic mass is 35.5. The number of pyridine rings is 1. The number of aromatic nitrogens is 1. The molecule has 1 fully saturated rings. The summed E-state index contributed by atoms with van der Waals surface area (Å²) in [4.78, 5) is 15.4. The van der Waals surface area contributed by atoms with Crippen molar-refractivity contribution in [3.05, 3.63) is 64.8 Å². The van der Waals surface area contributed by atoms with Crippen LogP contribution in [-0.4, -0.2) is 28.2 Å². The lowest BCUT2D eigenvalue weighted by Crippen LogP contribution is -2.31. The van der Waals surface area contributed by atoms with Crippen molar-refractivity contribution < 1.29 is 14.7 Å². The Labute approximate surface area is 163 Å². The van der Waals surface area contributed by atoms with Gasteiger partial charge in [-0.2, -0.15) is 0 Å². The molecule has 3 rings (SSSR count). The van der Waals surface area contributed by atoms with Gasteiger partial charge >= 0.3 is 0 Å². The first-order valence-electron chi connectivity index (χ1n) is 8.85. The number of benzene rings is 1. The second-order valence-electron chi connectivity index (χ2n) is 6.43. The van der Waals surface area contributed by atoms with Crippen molar-refractivity contribution in [3.8, 4) is 0 Å². The molecule has 0 aliphatic heterocycles. The Morgan fingerprint density at radius 1 is 1.33 bits per heavy atom. The standard InChI is InChI=1S/C20H22ClN3O3/c21-16-11-15(9-10-19(25)24-26)12-22-20(16)23-17-7-4-8-18(17)27-13-14-5-2-1-3-6-14/h1-3,5-6,9-12,17-18,26H,4,7-8,13H2,(H,22,23)(H,24,25)/t17-,18-/m1/s1. The van der Waals surface area contributed by atoms with Crippen molar-refractivity contribution in [1.29, 1.82) is 0 Å². The molecule has 0 unspecified atom stereocenters. The monoisotopic (exact) mass is 387 g/mol. The van der Waals surface area contributed by atoms with Crippen molar-refractivity contribution in [1.82, 2.24) is 10.5 Å². The van der Waals surface area contributed by atoms with E-state index in [0.717, 1.165) is 24.8 Å². The van der Waals surface area contributed by atoms with E-state index in [0.29, 0.717) is 23.0 Å². The molecule has 1 aromatic heterocycles. The number of anilines is 1. The molecular formula is C20H22ClN3O3. The number of nitrogens with one attached hydrogen (secondary N) is 2. The summed E-state index contributed by atoms with van der Waals surface area (Å²) in [5, 5.41) is 12.4. The molecule has 2 aromatic rings. The van der Waals surface area contributed by atoms with E-state index in [9.17, 15) is 4.79 Å². The van der Waals surface area contributed by atoms with Gasteiger partial charge in [-0.15, -0.1) is 0 Å². The number of ether oxygens (including phenoxy) is 1. The number of carbonyl (C=O) groups excluding carboxylic acids is 1. The average Bonchev–Trinajstić information content (AvgIpc) is 3.14. The highest BCUT2D eigenvalue weighted by molar-refractivity contribution is 6.33. The highest BCUT2D eigenvalue weighted by Gasteiger charge is 2.28. The van der Waals surface area contributed by atoms with Gasteiger partial charge in [-0.05, 0) is 42.5 Å². The van der Waals surface area contributed by atoms with Gasteiger partial charge < -0.3 is 10.1 Å². The minimum Gasteiger partial charge on any atom is -0.371 e. The van der Waals surface area contributed by atoms with E-state index in [-0.39, 0.29) is 12.1 Å². The summed E-state index contributed by atoms with van der Waals surface area (Å²) in [6.45, 7) is 0.585. The minimum absolute atomic E-state index is 0.107. The van der Waals surface area contributed by atoms with Crippen LogP contribution in [0.1, 0.15) is 30.4 Å². The predicted molar refractivity (Wildman–Crippen MR) is 104 cm³/mol. The normalized spacial score (nSPS) is 19.3. The molecule has 0 spiro atoms. The van der Waals surface area contributed by atoms with Gasteiger partial charge in [-0.3, -0.25) is 10.0 Å². The van der Waals surface area contributed by atoms with Crippen molar-refractivity contribution in [2.75, 3.05) is 5.32 Å². The first-order chi connectivity index (χ1) is 13.2. The predicted octanol–water partition coefficient (Wildman–Crippen LogP) is 3.80. The smallest absolute Gasteiger partial charge is 0.267 e. The van der Waals surface area contributed by atoms with E-state index in [1.807, 2.05) is 18.2 Å². The zero-order valence-electron chi connectivity index (χ0n) is 14.8. The lowest BCUT2D eigenvalue weighted by Gasteiger charge is -2.22. The summed E-state index contributed by atoms with van der Waals surface area (Å²) >= 11 is 6.33. The number of amides is 1. The molecule has 0 bridgehead atoms. The summed E-state index contributed by atoms with van der Waals surface area (Å²) < 4.78 is 6.10. The molecule has 0 saturated heterocycles. The van der Waals surface area contributed by atoms with Gasteiger partial charge in [0.15, 0.2) is 0 Å². The van der Waals surface area contributed by atoms with E-state index in [1.54, 1.807) is 12.3 Å². The largest absolute Gasteiger partial charge is 0.371 e.